The van der Waals surface area contributed by atoms with E-state index in [2.05, 4.69) is 50.2 Å². The number of aryl methyl sites for hydroxylation is 1. The molecule has 2 heterocycles. The summed E-state index contributed by atoms with van der Waals surface area (Å²) in [6.45, 7) is 5.63. The monoisotopic (exact) mass is 506 g/mol. The van der Waals surface area contributed by atoms with Gasteiger partial charge in [-0.05, 0) is 23.8 Å². The Labute approximate surface area is 218 Å². The fourth-order valence-electron chi connectivity index (χ4n) is 4.63. The van der Waals surface area contributed by atoms with Gasteiger partial charge in [0.2, 0.25) is 0 Å². The predicted octanol–water partition coefficient (Wildman–Crippen LogP) is 6.06. The van der Waals surface area contributed by atoms with Gasteiger partial charge in [0.15, 0.2) is 6.29 Å². The molecule has 0 N–H and O–H groups in total. The zero-order chi connectivity index (χ0) is 24.7. The highest BCUT2D eigenvalue weighted by molar-refractivity contribution is 7.99. The highest BCUT2D eigenvalue weighted by Crippen LogP contribution is 2.39. The molecule has 3 aromatic carbocycles. The SMILES string of the molecule is CCS[C@@H]1O[C@@H]2COC(c3ccccc3)O[C@@H]2[C@H](OCc2ccc(C)cc2)[C@H]1OCc1ccccc1. The van der Waals surface area contributed by atoms with E-state index in [9.17, 15) is 0 Å². The second kappa shape index (κ2) is 12.4. The Kier molecular flexibility index (Phi) is 8.75. The van der Waals surface area contributed by atoms with E-state index < -0.39 is 6.29 Å². The van der Waals surface area contributed by atoms with Crippen molar-refractivity contribution in [1.29, 1.82) is 0 Å². The molecule has 0 saturated carbocycles. The van der Waals surface area contributed by atoms with Gasteiger partial charge in [-0.1, -0.05) is 97.4 Å². The van der Waals surface area contributed by atoms with Gasteiger partial charge in [-0.25, -0.2) is 0 Å². The fraction of sp³-hybridized carbons (Fsp3) is 0.400. The maximum Gasteiger partial charge on any atom is 0.184 e. The molecule has 190 valence electrons. The molecule has 5 nitrogen and oxygen atoms in total. The van der Waals surface area contributed by atoms with Gasteiger partial charge in [0.25, 0.3) is 0 Å². The van der Waals surface area contributed by atoms with Crippen LogP contribution < -0.4 is 0 Å². The zero-order valence-corrected chi connectivity index (χ0v) is 21.6. The third-order valence-electron chi connectivity index (χ3n) is 6.53. The number of hydrogen-bond acceptors (Lipinski definition) is 6. The molecule has 0 spiro atoms. The lowest BCUT2D eigenvalue weighted by Gasteiger charge is -2.49. The predicted molar refractivity (Wildman–Crippen MR) is 142 cm³/mol. The molecule has 6 atom stereocenters. The summed E-state index contributed by atoms with van der Waals surface area (Å²) in [6, 6.07) is 28.7. The van der Waals surface area contributed by atoms with Gasteiger partial charge in [-0.3, -0.25) is 0 Å². The van der Waals surface area contributed by atoms with E-state index in [-0.39, 0.29) is 29.9 Å². The van der Waals surface area contributed by atoms with Crippen molar-refractivity contribution >= 4 is 11.8 Å². The van der Waals surface area contributed by atoms with Crippen LogP contribution in [0.1, 0.15) is 35.5 Å². The summed E-state index contributed by atoms with van der Waals surface area (Å²) >= 11 is 1.74. The number of hydrogen-bond donors (Lipinski definition) is 0. The van der Waals surface area contributed by atoms with Crippen LogP contribution in [-0.4, -0.2) is 42.2 Å². The van der Waals surface area contributed by atoms with E-state index in [1.54, 1.807) is 11.8 Å². The molecule has 0 aliphatic carbocycles. The molecule has 0 aromatic heterocycles. The first kappa shape index (κ1) is 25.5. The van der Waals surface area contributed by atoms with Crippen LogP contribution in [0.15, 0.2) is 84.9 Å². The van der Waals surface area contributed by atoms with Crippen LogP contribution >= 0.6 is 11.8 Å². The maximum atomic E-state index is 6.64. The molecule has 0 radical (unpaired) electrons. The standard InChI is InChI=1S/C30H34O5S/c1-3-36-30-28(32-18-22-10-6-4-7-11-22)27(31-19-23-16-14-21(2)15-17-23)26-25(34-30)20-33-29(35-26)24-12-8-5-9-13-24/h4-17,25-30H,3,18-20H2,1-2H3/t25-,26+,27+,28-,29?,30+/m1/s1. The average molecular weight is 507 g/mol. The summed E-state index contributed by atoms with van der Waals surface area (Å²) in [4.78, 5) is 0. The van der Waals surface area contributed by atoms with Crippen molar-refractivity contribution in [2.75, 3.05) is 12.4 Å². The van der Waals surface area contributed by atoms with Crippen molar-refractivity contribution in [3.63, 3.8) is 0 Å². The van der Waals surface area contributed by atoms with Crippen molar-refractivity contribution in [1.82, 2.24) is 0 Å². The second-order valence-corrected chi connectivity index (χ2v) is 10.6. The van der Waals surface area contributed by atoms with Crippen LogP contribution in [0.5, 0.6) is 0 Å². The van der Waals surface area contributed by atoms with Gasteiger partial charge < -0.3 is 23.7 Å². The maximum absolute atomic E-state index is 6.64. The molecule has 3 aromatic rings. The van der Waals surface area contributed by atoms with E-state index in [1.165, 1.54) is 5.56 Å². The van der Waals surface area contributed by atoms with E-state index in [0.29, 0.717) is 19.8 Å². The smallest absolute Gasteiger partial charge is 0.184 e. The lowest BCUT2D eigenvalue weighted by molar-refractivity contribution is -0.329. The van der Waals surface area contributed by atoms with Crippen molar-refractivity contribution in [3.8, 4) is 0 Å². The summed E-state index contributed by atoms with van der Waals surface area (Å²) in [6.07, 6.45) is -1.62. The summed E-state index contributed by atoms with van der Waals surface area (Å²) in [5.41, 5.74) is 4.28. The van der Waals surface area contributed by atoms with Crippen LogP contribution in [0.3, 0.4) is 0 Å². The van der Waals surface area contributed by atoms with Gasteiger partial charge in [0, 0.05) is 5.56 Å². The normalized spacial score (nSPS) is 27.9. The van der Waals surface area contributed by atoms with Gasteiger partial charge >= 0.3 is 0 Å². The van der Waals surface area contributed by atoms with Crippen molar-refractivity contribution in [3.05, 3.63) is 107 Å². The molecule has 2 saturated heterocycles. The minimum atomic E-state index is -0.466. The van der Waals surface area contributed by atoms with Crippen LogP contribution in [0.25, 0.3) is 0 Å². The topological polar surface area (TPSA) is 46.2 Å². The van der Waals surface area contributed by atoms with Crippen LogP contribution in [-0.2, 0) is 36.9 Å². The molecular weight excluding hydrogens is 472 g/mol. The molecule has 6 heteroatoms. The number of thioether (sulfide) groups is 1. The molecule has 2 aliphatic rings. The molecule has 2 fully saturated rings. The van der Waals surface area contributed by atoms with E-state index in [1.807, 2.05) is 48.5 Å². The Bertz CT molecular complexity index is 1060. The fourth-order valence-corrected chi connectivity index (χ4v) is 5.61. The zero-order valence-electron chi connectivity index (χ0n) is 20.8. The highest BCUT2D eigenvalue weighted by Gasteiger charge is 2.51. The molecule has 0 amide bonds. The Morgan fingerprint density at radius 3 is 2.11 bits per heavy atom. The first-order chi connectivity index (χ1) is 17.7. The quantitative estimate of drug-likeness (QED) is 0.352. The summed E-state index contributed by atoms with van der Waals surface area (Å²) in [7, 11) is 0. The number of benzene rings is 3. The van der Waals surface area contributed by atoms with E-state index in [4.69, 9.17) is 23.7 Å². The van der Waals surface area contributed by atoms with E-state index >= 15 is 0 Å². The first-order valence-electron chi connectivity index (χ1n) is 12.6. The minimum absolute atomic E-state index is 0.177. The summed E-state index contributed by atoms with van der Waals surface area (Å²) in [5.74, 6) is 0.909. The van der Waals surface area contributed by atoms with Crippen LogP contribution in [0.2, 0.25) is 0 Å². The molecular formula is C30H34O5S. The second-order valence-electron chi connectivity index (χ2n) is 9.20. The van der Waals surface area contributed by atoms with Gasteiger partial charge in [0.1, 0.15) is 29.9 Å². The van der Waals surface area contributed by atoms with Gasteiger partial charge in [-0.15, -0.1) is 11.8 Å². The minimum Gasteiger partial charge on any atom is -0.368 e. The Morgan fingerprint density at radius 2 is 1.42 bits per heavy atom. The lowest BCUT2D eigenvalue weighted by atomic mass is 9.98. The van der Waals surface area contributed by atoms with Crippen molar-refractivity contribution in [2.24, 2.45) is 0 Å². The van der Waals surface area contributed by atoms with Crippen LogP contribution in [0, 0.1) is 6.92 Å². The average Bonchev–Trinajstić information content (AvgIpc) is 2.93. The van der Waals surface area contributed by atoms with E-state index in [0.717, 1.165) is 22.4 Å². The van der Waals surface area contributed by atoms with Gasteiger partial charge in [0.05, 0.1) is 19.8 Å². The molecule has 5 rings (SSSR count). The number of fused-ring (bicyclic) bond motifs is 1. The third-order valence-corrected chi connectivity index (χ3v) is 7.58. The van der Waals surface area contributed by atoms with Crippen molar-refractivity contribution in [2.45, 2.75) is 63.2 Å². The molecule has 0 bridgehead atoms. The van der Waals surface area contributed by atoms with Crippen LogP contribution in [0.4, 0.5) is 0 Å². The lowest BCUT2D eigenvalue weighted by Crippen LogP contribution is -2.62. The third kappa shape index (κ3) is 6.20. The summed E-state index contributed by atoms with van der Waals surface area (Å²) in [5, 5.41) is 0. The number of ether oxygens (including phenoxy) is 5. The highest BCUT2D eigenvalue weighted by atomic mass is 32.2. The Morgan fingerprint density at radius 1 is 0.778 bits per heavy atom. The molecule has 36 heavy (non-hydrogen) atoms. The Balaban J connectivity index is 1.40. The first-order valence-corrected chi connectivity index (χ1v) is 13.7. The number of rotatable bonds is 9. The largest absolute Gasteiger partial charge is 0.368 e. The molecule has 2 aliphatic heterocycles. The summed E-state index contributed by atoms with van der Waals surface area (Å²) < 4.78 is 32.4. The van der Waals surface area contributed by atoms with Gasteiger partial charge in [-0.2, -0.15) is 0 Å². The molecule has 1 unspecified atom stereocenters. The van der Waals surface area contributed by atoms with Crippen molar-refractivity contribution < 1.29 is 23.7 Å². The Hall–Kier alpha value is -2.19.